The third kappa shape index (κ3) is 2.71. The van der Waals surface area contributed by atoms with Crippen molar-refractivity contribution >= 4 is 6.29 Å². The summed E-state index contributed by atoms with van der Waals surface area (Å²) in [6, 6.07) is 0.635. The summed E-state index contributed by atoms with van der Waals surface area (Å²) in [5.74, 6) is 0. The van der Waals surface area contributed by atoms with E-state index >= 15 is 0 Å². The Labute approximate surface area is 80.7 Å². The molecule has 0 aliphatic heterocycles. The van der Waals surface area contributed by atoms with Crippen LogP contribution >= 0.6 is 0 Å². The smallest absolute Gasteiger partial charge is 0.296 e. The van der Waals surface area contributed by atoms with Gasteiger partial charge in [-0.15, -0.1) is 0 Å². The summed E-state index contributed by atoms with van der Waals surface area (Å²) in [5.41, 5.74) is -3.04. The van der Waals surface area contributed by atoms with Crippen molar-refractivity contribution in [3.63, 3.8) is 0 Å². The fourth-order valence-corrected chi connectivity index (χ4v) is 0.910. The molecular weight excluding hydrogens is 221 g/mol. The zero-order chi connectivity index (χ0) is 11.6. The molecule has 1 aromatic rings. The number of aldehydes is 1. The van der Waals surface area contributed by atoms with Gasteiger partial charge < -0.3 is 0 Å². The Morgan fingerprint density at radius 1 is 1.27 bits per heavy atom. The molecule has 1 heterocycles. The second kappa shape index (κ2) is 3.92. The largest absolute Gasteiger partial charge is 0.416 e. The maximum absolute atomic E-state index is 12.2. The van der Waals surface area contributed by atoms with Gasteiger partial charge in [-0.3, -0.25) is 4.79 Å². The molecule has 7 heteroatoms. The number of halogens is 5. The fourth-order valence-electron chi connectivity index (χ4n) is 0.910. The first-order valence-corrected chi connectivity index (χ1v) is 3.67. The minimum atomic E-state index is -4.77. The molecule has 2 nitrogen and oxygen atoms in total. The molecule has 0 aliphatic carbocycles. The van der Waals surface area contributed by atoms with Crippen LogP contribution in [0.4, 0.5) is 22.0 Å². The van der Waals surface area contributed by atoms with Crippen LogP contribution < -0.4 is 0 Å². The number of nitrogens with zero attached hydrogens (tertiary/aromatic N) is 1. The lowest BCUT2D eigenvalue weighted by Crippen LogP contribution is -2.08. The van der Waals surface area contributed by atoms with E-state index in [1.165, 1.54) is 0 Å². The molecule has 1 aromatic heterocycles. The third-order valence-electron chi connectivity index (χ3n) is 1.54. The molecular formula is C8H4F5NO. The first-order valence-electron chi connectivity index (χ1n) is 3.67. The normalized spacial score (nSPS) is 11.9. The number of hydrogen-bond acceptors (Lipinski definition) is 2. The molecule has 0 bridgehead atoms. The zero-order valence-corrected chi connectivity index (χ0v) is 7.05. The van der Waals surface area contributed by atoms with Crippen LogP contribution in [0.5, 0.6) is 0 Å². The van der Waals surface area contributed by atoms with Crippen molar-refractivity contribution in [2.45, 2.75) is 12.6 Å². The lowest BCUT2D eigenvalue weighted by molar-refractivity contribution is -0.137. The molecule has 0 saturated heterocycles. The fraction of sp³-hybridized carbons (Fsp3) is 0.250. The first-order chi connectivity index (χ1) is 6.84. The number of rotatable bonds is 2. The molecule has 0 fully saturated rings. The number of hydrogen-bond donors (Lipinski definition) is 0. The monoisotopic (exact) mass is 225 g/mol. The minimum Gasteiger partial charge on any atom is -0.296 e. The van der Waals surface area contributed by atoms with Crippen molar-refractivity contribution in [1.82, 2.24) is 4.98 Å². The van der Waals surface area contributed by atoms with Crippen LogP contribution in [0.3, 0.4) is 0 Å². The summed E-state index contributed by atoms with van der Waals surface area (Å²) in [4.78, 5) is 13.2. The van der Waals surface area contributed by atoms with Crippen LogP contribution in [0.25, 0.3) is 0 Å². The van der Waals surface area contributed by atoms with Gasteiger partial charge in [-0.25, -0.2) is 13.8 Å². The molecule has 0 spiro atoms. The summed E-state index contributed by atoms with van der Waals surface area (Å²) in [5, 5.41) is 0. The van der Waals surface area contributed by atoms with Gasteiger partial charge >= 0.3 is 6.18 Å². The zero-order valence-electron chi connectivity index (χ0n) is 7.05. The Balaban J connectivity index is 3.29. The SMILES string of the molecule is O=Cc1cc(C(F)(F)F)cc(C(F)F)n1. The number of alkyl halides is 5. The first kappa shape index (κ1) is 11.5. The van der Waals surface area contributed by atoms with E-state index in [9.17, 15) is 26.7 Å². The van der Waals surface area contributed by atoms with Crippen molar-refractivity contribution in [1.29, 1.82) is 0 Å². The van der Waals surface area contributed by atoms with Gasteiger partial charge in [0.15, 0.2) is 6.29 Å². The van der Waals surface area contributed by atoms with E-state index < -0.39 is 29.6 Å². The van der Waals surface area contributed by atoms with Gasteiger partial charge in [0.25, 0.3) is 6.43 Å². The third-order valence-corrected chi connectivity index (χ3v) is 1.54. The average Bonchev–Trinajstić information content (AvgIpc) is 2.15. The van der Waals surface area contributed by atoms with E-state index in [-0.39, 0.29) is 12.4 Å². The van der Waals surface area contributed by atoms with Gasteiger partial charge in [-0.1, -0.05) is 0 Å². The van der Waals surface area contributed by atoms with Gasteiger partial charge in [0, 0.05) is 0 Å². The summed E-state index contributed by atoms with van der Waals surface area (Å²) in [6.07, 6.45) is -7.93. The summed E-state index contributed by atoms with van der Waals surface area (Å²) >= 11 is 0. The highest BCUT2D eigenvalue weighted by Crippen LogP contribution is 2.31. The van der Waals surface area contributed by atoms with Gasteiger partial charge in [0.05, 0.1) is 5.56 Å². The average molecular weight is 225 g/mol. The maximum Gasteiger partial charge on any atom is 0.416 e. The van der Waals surface area contributed by atoms with Crippen molar-refractivity contribution in [2.75, 3.05) is 0 Å². The highest BCUT2D eigenvalue weighted by atomic mass is 19.4. The Bertz CT molecular complexity index is 374. The molecule has 1 rings (SSSR count). The molecule has 0 atom stereocenters. The summed E-state index contributed by atoms with van der Waals surface area (Å²) < 4.78 is 60.7. The van der Waals surface area contributed by atoms with E-state index in [4.69, 9.17) is 0 Å². The van der Waals surface area contributed by atoms with Crippen molar-refractivity contribution < 1.29 is 26.7 Å². The van der Waals surface area contributed by atoms with Gasteiger partial charge in [0.2, 0.25) is 0 Å². The maximum atomic E-state index is 12.2. The lowest BCUT2D eigenvalue weighted by Gasteiger charge is -2.08. The van der Waals surface area contributed by atoms with Crippen LogP contribution in [0.2, 0.25) is 0 Å². The van der Waals surface area contributed by atoms with Crippen molar-refractivity contribution in [3.05, 3.63) is 29.1 Å². The summed E-state index contributed by atoms with van der Waals surface area (Å²) in [7, 11) is 0. The Morgan fingerprint density at radius 2 is 1.87 bits per heavy atom. The molecule has 0 radical (unpaired) electrons. The van der Waals surface area contributed by atoms with Crippen LogP contribution in [0.1, 0.15) is 28.2 Å². The van der Waals surface area contributed by atoms with Crippen LogP contribution in [-0.2, 0) is 6.18 Å². The second-order valence-corrected chi connectivity index (χ2v) is 2.62. The molecule has 15 heavy (non-hydrogen) atoms. The van der Waals surface area contributed by atoms with E-state index in [1.54, 1.807) is 0 Å². The quantitative estimate of drug-likeness (QED) is 0.572. The van der Waals surface area contributed by atoms with E-state index in [0.29, 0.717) is 6.07 Å². The standard InChI is InChI=1S/C8H4F5NO/c9-7(10)6-2-4(8(11,12)13)1-5(3-15)14-6/h1-3,7H. The van der Waals surface area contributed by atoms with E-state index in [0.717, 1.165) is 0 Å². The number of carbonyl (C=O) groups excluding carboxylic acids is 1. The molecule has 0 aliphatic rings. The van der Waals surface area contributed by atoms with E-state index in [1.807, 2.05) is 0 Å². The topological polar surface area (TPSA) is 30.0 Å². The Hall–Kier alpha value is -1.53. The van der Waals surface area contributed by atoms with Gasteiger partial charge in [-0.2, -0.15) is 13.2 Å². The molecule has 0 aromatic carbocycles. The van der Waals surface area contributed by atoms with Crippen molar-refractivity contribution in [2.24, 2.45) is 0 Å². The highest BCUT2D eigenvalue weighted by Gasteiger charge is 2.32. The summed E-state index contributed by atoms with van der Waals surface area (Å²) in [6.45, 7) is 0. The van der Waals surface area contributed by atoms with Gasteiger partial charge in [0.1, 0.15) is 11.4 Å². The minimum absolute atomic E-state index is 0.0128. The van der Waals surface area contributed by atoms with Crippen molar-refractivity contribution in [3.8, 4) is 0 Å². The number of carbonyl (C=O) groups is 1. The molecule has 0 unspecified atom stereocenters. The molecule has 0 amide bonds. The van der Waals surface area contributed by atoms with Gasteiger partial charge in [-0.05, 0) is 12.1 Å². The van der Waals surface area contributed by atoms with Crippen LogP contribution in [0, 0.1) is 0 Å². The number of aromatic nitrogens is 1. The number of pyridine rings is 1. The lowest BCUT2D eigenvalue weighted by atomic mass is 10.2. The predicted octanol–water partition coefficient (Wildman–Crippen LogP) is 2.85. The molecule has 82 valence electrons. The predicted molar refractivity (Wildman–Crippen MR) is 39.6 cm³/mol. The second-order valence-electron chi connectivity index (χ2n) is 2.62. The molecule has 0 saturated carbocycles. The molecule has 0 N–H and O–H groups in total. The van der Waals surface area contributed by atoms with Crippen LogP contribution in [0.15, 0.2) is 12.1 Å². The Morgan fingerprint density at radius 3 is 2.27 bits per heavy atom. The van der Waals surface area contributed by atoms with Crippen LogP contribution in [-0.4, -0.2) is 11.3 Å². The highest BCUT2D eigenvalue weighted by molar-refractivity contribution is 5.72. The van der Waals surface area contributed by atoms with E-state index in [2.05, 4.69) is 4.98 Å². The Kier molecular flexibility index (Phi) is 3.01.